The molecule has 0 saturated heterocycles. The molecule has 1 amide bonds. The maximum Gasteiger partial charge on any atom is 0.264 e. The number of carbonyl (C=O) groups excluding carboxylic acids is 1. The lowest BCUT2D eigenvalue weighted by molar-refractivity contribution is -0.127. The third kappa shape index (κ3) is 4.60. The number of aryl methyl sites for hydroxylation is 1. The first-order chi connectivity index (χ1) is 15.4. The number of methoxy groups -OCH3 is 1. The normalized spacial score (nSPS) is 18.2. The van der Waals surface area contributed by atoms with Gasteiger partial charge in [0.2, 0.25) is 0 Å². The maximum absolute atomic E-state index is 13.5. The van der Waals surface area contributed by atoms with Crippen LogP contribution in [0.25, 0.3) is 0 Å². The fraction of sp³-hybridized carbons (Fsp3) is 0.375. The minimum Gasteiger partial charge on any atom is -0.497 e. The number of ether oxygens (including phenoxy) is 2. The van der Waals surface area contributed by atoms with Crippen LogP contribution in [-0.4, -0.2) is 40.6 Å². The van der Waals surface area contributed by atoms with E-state index in [-0.39, 0.29) is 17.3 Å². The van der Waals surface area contributed by atoms with Gasteiger partial charge in [-0.3, -0.25) is 9.10 Å². The number of carbonyl (C=O) groups is 1. The number of hydrogen-bond donors (Lipinski definition) is 1. The number of anilines is 1. The molecule has 0 radical (unpaired) electrons. The summed E-state index contributed by atoms with van der Waals surface area (Å²) in [6.45, 7) is 2.25. The van der Waals surface area contributed by atoms with Crippen LogP contribution >= 0.6 is 0 Å². The highest BCUT2D eigenvalue weighted by molar-refractivity contribution is 7.92. The molecule has 1 aliphatic heterocycles. The first-order valence-electron chi connectivity index (χ1n) is 10.8. The predicted molar refractivity (Wildman–Crippen MR) is 123 cm³/mol. The topological polar surface area (TPSA) is 84.9 Å². The Hall–Kier alpha value is -3.00. The van der Waals surface area contributed by atoms with Gasteiger partial charge in [0.05, 0.1) is 24.2 Å². The summed E-state index contributed by atoms with van der Waals surface area (Å²) in [5.74, 6) is 0.616. The third-order valence-electron chi connectivity index (χ3n) is 5.80. The number of sulfonamides is 1. The fourth-order valence-electron chi connectivity index (χ4n) is 3.98. The molecule has 1 N–H and O–H groups in total. The monoisotopic (exact) mass is 456 g/mol. The summed E-state index contributed by atoms with van der Waals surface area (Å²) in [6.07, 6.45) is 5.55. The van der Waals surface area contributed by atoms with E-state index in [4.69, 9.17) is 9.47 Å². The summed E-state index contributed by atoms with van der Waals surface area (Å²) in [6, 6.07) is 11.5. The zero-order valence-corrected chi connectivity index (χ0v) is 19.2. The van der Waals surface area contributed by atoms with Gasteiger partial charge >= 0.3 is 0 Å². The molecule has 2 aliphatic rings. The number of benzene rings is 2. The number of allylic oxidation sites excluding steroid dienone is 1. The number of hydrogen-bond acceptors (Lipinski definition) is 5. The van der Waals surface area contributed by atoms with Gasteiger partial charge in [-0.1, -0.05) is 17.7 Å². The van der Waals surface area contributed by atoms with Crippen LogP contribution in [-0.2, 0) is 14.8 Å². The van der Waals surface area contributed by atoms with Crippen molar-refractivity contribution in [3.8, 4) is 11.5 Å². The van der Waals surface area contributed by atoms with Crippen molar-refractivity contribution < 1.29 is 22.7 Å². The van der Waals surface area contributed by atoms with Gasteiger partial charge in [-0.2, -0.15) is 0 Å². The first-order valence-corrected chi connectivity index (χ1v) is 12.2. The molecule has 170 valence electrons. The van der Waals surface area contributed by atoms with E-state index in [1.807, 2.05) is 13.0 Å². The fourth-order valence-corrected chi connectivity index (χ4v) is 5.45. The highest BCUT2D eigenvalue weighted by atomic mass is 32.2. The van der Waals surface area contributed by atoms with E-state index in [1.165, 1.54) is 35.5 Å². The molecule has 0 aromatic heterocycles. The zero-order chi connectivity index (χ0) is 22.7. The number of nitrogens with one attached hydrogen (secondary N) is 1. The SMILES string of the molecule is COc1ccc(S(=O)(=O)N2CC(C(=O)NCC3=CCCCC3)Oc3ccc(C)cc32)cc1. The highest BCUT2D eigenvalue weighted by Gasteiger charge is 2.37. The molecule has 0 spiro atoms. The van der Waals surface area contributed by atoms with Crippen molar-refractivity contribution in [3.05, 3.63) is 59.7 Å². The van der Waals surface area contributed by atoms with Gasteiger partial charge in [0.25, 0.3) is 15.9 Å². The van der Waals surface area contributed by atoms with Crippen molar-refractivity contribution in [1.29, 1.82) is 0 Å². The molecule has 4 rings (SSSR count). The molecule has 7 nitrogen and oxygen atoms in total. The Morgan fingerprint density at radius 3 is 2.66 bits per heavy atom. The van der Waals surface area contributed by atoms with E-state index in [0.717, 1.165) is 24.8 Å². The van der Waals surface area contributed by atoms with E-state index < -0.39 is 16.1 Å². The van der Waals surface area contributed by atoms with Crippen LogP contribution in [0.5, 0.6) is 11.5 Å². The first kappa shape index (κ1) is 22.2. The molecule has 0 bridgehead atoms. The Kier molecular flexibility index (Phi) is 6.41. The van der Waals surface area contributed by atoms with Crippen molar-refractivity contribution in [3.63, 3.8) is 0 Å². The van der Waals surface area contributed by atoms with Crippen LogP contribution in [0.4, 0.5) is 5.69 Å². The van der Waals surface area contributed by atoms with E-state index >= 15 is 0 Å². The molecular formula is C24H28N2O5S. The molecule has 1 atom stereocenters. The Balaban J connectivity index is 1.61. The summed E-state index contributed by atoms with van der Waals surface area (Å²) in [5, 5.41) is 2.92. The molecule has 1 aliphatic carbocycles. The zero-order valence-electron chi connectivity index (χ0n) is 18.3. The lowest BCUT2D eigenvalue weighted by atomic mass is 10.00. The summed E-state index contributed by atoms with van der Waals surface area (Å²) < 4.78 is 39.4. The molecule has 8 heteroatoms. The van der Waals surface area contributed by atoms with Crippen LogP contribution in [0.15, 0.2) is 59.0 Å². The Morgan fingerprint density at radius 1 is 1.19 bits per heavy atom. The second-order valence-electron chi connectivity index (χ2n) is 8.12. The Labute approximate surface area is 189 Å². The molecule has 1 heterocycles. The molecule has 0 fully saturated rings. The van der Waals surface area contributed by atoms with Gasteiger partial charge in [-0.25, -0.2) is 8.42 Å². The molecule has 2 aromatic carbocycles. The molecule has 0 saturated carbocycles. The second-order valence-corrected chi connectivity index (χ2v) is 9.98. The average molecular weight is 457 g/mol. The summed E-state index contributed by atoms with van der Waals surface area (Å²) in [7, 11) is -2.39. The van der Waals surface area contributed by atoms with Crippen LogP contribution in [0.3, 0.4) is 0 Å². The predicted octanol–water partition coefficient (Wildman–Crippen LogP) is 3.58. The van der Waals surface area contributed by atoms with E-state index in [2.05, 4.69) is 11.4 Å². The van der Waals surface area contributed by atoms with E-state index in [0.29, 0.717) is 23.7 Å². The van der Waals surface area contributed by atoms with Crippen LogP contribution in [0.2, 0.25) is 0 Å². The second kappa shape index (κ2) is 9.24. The lowest BCUT2D eigenvalue weighted by Gasteiger charge is -2.35. The average Bonchev–Trinajstić information content (AvgIpc) is 2.82. The highest BCUT2D eigenvalue weighted by Crippen LogP contribution is 2.38. The lowest BCUT2D eigenvalue weighted by Crippen LogP contribution is -2.51. The van der Waals surface area contributed by atoms with E-state index in [1.54, 1.807) is 24.3 Å². The number of amides is 1. The van der Waals surface area contributed by atoms with Gasteiger partial charge in [-0.15, -0.1) is 0 Å². The number of nitrogens with zero attached hydrogens (tertiary/aromatic N) is 1. The summed E-state index contributed by atoms with van der Waals surface area (Å²) in [4.78, 5) is 13.0. The molecular weight excluding hydrogens is 428 g/mol. The van der Waals surface area contributed by atoms with Gasteiger partial charge in [0, 0.05) is 6.54 Å². The standard InChI is InChI=1S/C24H28N2O5S/c1-17-8-13-22-21(14-17)26(32(28,29)20-11-9-19(30-2)10-12-20)16-23(31-22)24(27)25-15-18-6-4-3-5-7-18/h6,8-14,23H,3-5,7,15-16H2,1-2H3,(H,25,27). The van der Waals surface area contributed by atoms with Gasteiger partial charge < -0.3 is 14.8 Å². The van der Waals surface area contributed by atoms with Crippen LogP contribution < -0.4 is 19.1 Å². The molecule has 32 heavy (non-hydrogen) atoms. The van der Waals surface area contributed by atoms with E-state index in [9.17, 15) is 13.2 Å². The quantitative estimate of drug-likeness (QED) is 0.672. The van der Waals surface area contributed by atoms with Crippen molar-refractivity contribution in [1.82, 2.24) is 5.32 Å². The van der Waals surface area contributed by atoms with Gasteiger partial charge in [-0.05, 0) is 74.6 Å². The van der Waals surface area contributed by atoms with Crippen molar-refractivity contribution >= 4 is 21.6 Å². The Morgan fingerprint density at radius 2 is 1.97 bits per heavy atom. The molecule has 2 aromatic rings. The van der Waals surface area contributed by atoms with Gasteiger partial charge in [0.15, 0.2) is 6.10 Å². The Bertz CT molecular complexity index is 1130. The molecule has 1 unspecified atom stereocenters. The summed E-state index contributed by atoms with van der Waals surface area (Å²) >= 11 is 0. The number of rotatable bonds is 6. The van der Waals surface area contributed by atoms with Crippen molar-refractivity contribution in [2.24, 2.45) is 0 Å². The smallest absolute Gasteiger partial charge is 0.264 e. The van der Waals surface area contributed by atoms with Crippen LogP contribution in [0.1, 0.15) is 31.2 Å². The minimum atomic E-state index is -3.91. The van der Waals surface area contributed by atoms with Crippen LogP contribution in [0, 0.1) is 6.92 Å². The van der Waals surface area contributed by atoms with Gasteiger partial charge in [0.1, 0.15) is 11.5 Å². The maximum atomic E-state index is 13.5. The number of fused-ring (bicyclic) bond motifs is 1. The van der Waals surface area contributed by atoms with Crippen molar-refractivity contribution in [2.45, 2.75) is 43.6 Å². The minimum absolute atomic E-state index is 0.101. The third-order valence-corrected chi connectivity index (χ3v) is 7.59. The summed E-state index contributed by atoms with van der Waals surface area (Å²) in [5.41, 5.74) is 2.54. The largest absolute Gasteiger partial charge is 0.497 e. The van der Waals surface area contributed by atoms with Crippen molar-refractivity contribution in [2.75, 3.05) is 24.5 Å².